The Hall–Kier alpha value is -1.59. The highest BCUT2D eigenvalue weighted by Gasteiger charge is 2.44. The van der Waals surface area contributed by atoms with E-state index in [1.807, 2.05) is 6.92 Å². The first kappa shape index (κ1) is 15.0. The van der Waals surface area contributed by atoms with Crippen LogP contribution in [0.1, 0.15) is 63.2 Å². The zero-order valence-corrected chi connectivity index (χ0v) is 14.0. The monoisotopic (exact) mass is 318 g/mol. The molecule has 0 aromatic carbocycles. The molecular formula is C17H26N4O2. The molecule has 4 aliphatic rings. The topological polar surface area (TPSA) is 71.3 Å². The molecule has 2 aliphatic carbocycles. The fourth-order valence-electron chi connectivity index (χ4n) is 5.07. The number of carbonyl (C=O) groups excluding carboxylic acids is 1. The summed E-state index contributed by atoms with van der Waals surface area (Å²) < 4.78 is 5.06. The second-order valence-corrected chi connectivity index (χ2v) is 7.66. The smallest absolute Gasteiger partial charge is 0.318 e. The zero-order valence-electron chi connectivity index (χ0n) is 14.0. The van der Waals surface area contributed by atoms with Crippen LogP contribution in [0.15, 0.2) is 4.52 Å². The molecule has 2 saturated heterocycles. The fourth-order valence-corrected chi connectivity index (χ4v) is 5.07. The van der Waals surface area contributed by atoms with E-state index in [9.17, 15) is 4.79 Å². The highest BCUT2D eigenvalue weighted by molar-refractivity contribution is 5.75. The number of nitrogens with zero attached hydrogens (tertiary/aromatic N) is 3. The summed E-state index contributed by atoms with van der Waals surface area (Å²) in [6.07, 6.45) is 7.17. The van der Waals surface area contributed by atoms with Crippen LogP contribution >= 0.6 is 0 Å². The number of urea groups is 1. The second-order valence-electron chi connectivity index (χ2n) is 7.66. The number of carbonyl (C=O) groups is 1. The van der Waals surface area contributed by atoms with Crippen molar-refractivity contribution in [3.8, 4) is 0 Å². The Kier molecular flexibility index (Phi) is 3.77. The summed E-state index contributed by atoms with van der Waals surface area (Å²) >= 11 is 0. The van der Waals surface area contributed by atoms with Crippen LogP contribution < -0.4 is 5.32 Å². The van der Waals surface area contributed by atoms with Crippen LogP contribution in [0.25, 0.3) is 0 Å². The summed E-state index contributed by atoms with van der Waals surface area (Å²) in [4.78, 5) is 19.3. The third-order valence-corrected chi connectivity index (χ3v) is 5.93. The highest BCUT2D eigenvalue weighted by Crippen LogP contribution is 2.47. The molecule has 23 heavy (non-hydrogen) atoms. The van der Waals surface area contributed by atoms with Crippen molar-refractivity contribution in [2.75, 3.05) is 6.54 Å². The van der Waals surface area contributed by atoms with E-state index in [4.69, 9.17) is 4.52 Å². The van der Waals surface area contributed by atoms with E-state index in [0.29, 0.717) is 23.7 Å². The van der Waals surface area contributed by atoms with Gasteiger partial charge in [-0.25, -0.2) is 4.79 Å². The minimum Gasteiger partial charge on any atom is -0.340 e. The number of rotatable bonds is 3. The van der Waals surface area contributed by atoms with Gasteiger partial charge >= 0.3 is 6.03 Å². The Bertz CT molecular complexity index is 573. The van der Waals surface area contributed by atoms with Crippen molar-refractivity contribution in [3.63, 3.8) is 0 Å². The number of hydrogen-bond acceptors (Lipinski definition) is 4. The summed E-state index contributed by atoms with van der Waals surface area (Å²) in [6, 6.07) is 0.311. The van der Waals surface area contributed by atoms with Gasteiger partial charge in [0.1, 0.15) is 0 Å². The largest absolute Gasteiger partial charge is 0.340 e. The lowest BCUT2D eigenvalue weighted by atomic mass is 9.68. The molecule has 0 radical (unpaired) electrons. The third-order valence-electron chi connectivity index (χ3n) is 5.93. The molecule has 0 spiro atoms. The van der Waals surface area contributed by atoms with Gasteiger partial charge in [-0.15, -0.1) is 0 Å². The van der Waals surface area contributed by atoms with Crippen LogP contribution in [0.3, 0.4) is 0 Å². The number of fused-ring (bicyclic) bond motifs is 1. The fraction of sp³-hybridized carbons (Fsp3) is 0.824. The summed E-state index contributed by atoms with van der Waals surface area (Å²) in [7, 11) is 0. The Balaban J connectivity index is 1.48. The van der Waals surface area contributed by atoms with Gasteiger partial charge in [0.2, 0.25) is 5.89 Å². The van der Waals surface area contributed by atoms with Crippen LogP contribution in [0.4, 0.5) is 4.79 Å². The molecule has 126 valence electrons. The van der Waals surface area contributed by atoms with E-state index in [-0.39, 0.29) is 12.1 Å². The first-order valence-electron chi connectivity index (χ1n) is 8.99. The maximum atomic E-state index is 12.9. The molecule has 6 heteroatoms. The molecule has 3 atom stereocenters. The number of aromatic nitrogens is 2. The average Bonchev–Trinajstić information content (AvgIpc) is 2.85. The molecule has 3 unspecified atom stereocenters. The number of nitrogens with one attached hydrogen (secondary N) is 1. The van der Waals surface area contributed by atoms with Crippen molar-refractivity contribution in [2.45, 2.75) is 64.5 Å². The maximum Gasteiger partial charge on any atom is 0.318 e. The van der Waals surface area contributed by atoms with Crippen LogP contribution in [-0.4, -0.2) is 33.7 Å². The Morgan fingerprint density at radius 2 is 1.96 bits per heavy atom. The summed E-state index contributed by atoms with van der Waals surface area (Å²) in [6.45, 7) is 4.73. The lowest BCUT2D eigenvalue weighted by Gasteiger charge is -2.39. The lowest BCUT2D eigenvalue weighted by molar-refractivity contribution is 0.130. The number of aryl methyl sites for hydroxylation is 1. The van der Waals surface area contributed by atoms with Crippen LogP contribution in [0.2, 0.25) is 0 Å². The molecule has 5 rings (SSSR count). The standard InChI is InChI=1S/C17H26N4O2/c1-3-15(16-18-10(2)23-20-16)19-17(22)21-9-13-5-11-4-12(6-13)8-14(21)7-11/h11-15H,3-9H2,1-2H3,(H,19,22). The predicted molar refractivity (Wildman–Crippen MR) is 84.6 cm³/mol. The van der Waals surface area contributed by atoms with Crippen molar-refractivity contribution < 1.29 is 9.32 Å². The van der Waals surface area contributed by atoms with Gasteiger partial charge in [-0.05, 0) is 56.3 Å². The number of hydrogen-bond donors (Lipinski definition) is 1. The third kappa shape index (κ3) is 2.83. The minimum absolute atomic E-state index is 0.0532. The normalized spacial score (nSPS) is 33.6. The van der Waals surface area contributed by atoms with Gasteiger partial charge in [0, 0.05) is 19.5 Å². The van der Waals surface area contributed by atoms with E-state index < -0.39 is 0 Å². The van der Waals surface area contributed by atoms with E-state index in [0.717, 1.165) is 24.8 Å². The van der Waals surface area contributed by atoms with Gasteiger partial charge in [0.05, 0.1) is 6.04 Å². The van der Waals surface area contributed by atoms with Gasteiger partial charge in [0.15, 0.2) is 5.82 Å². The molecule has 1 N–H and O–H groups in total. The first-order valence-corrected chi connectivity index (χ1v) is 8.99. The van der Waals surface area contributed by atoms with Crippen LogP contribution in [-0.2, 0) is 0 Å². The molecule has 4 bridgehead atoms. The Morgan fingerprint density at radius 3 is 2.57 bits per heavy atom. The van der Waals surface area contributed by atoms with E-state index in [2.05, 4.69) is 20.4 Å². The van der Waals surface area contributed by atoms with Gasteiger partial charge in [-0.3, -0.25) is 0 Å². The van der Waals surface area contributed by atoms with Gasteiger partial charge in [-0.1, -0.05) is 12.1 Å². The van der Waals surface area contributed by atoms with Gasteiger partial charge < -0.3 is 14.7 Å². The Labute approximate surface area is 137 Å². The van der Waals surface area contributed by atoms with Crippen LogP contribution in [0, 0.1) is 24.7 Å². The summed E-state index contributed by atoms with van der Waals surface area (Å²) in [5, 5.41) is 7.11. The van der Waals surface area contributed by atoms with Gasteiger partial charge in [0.25, 0.3) is 0 Å². The summed E-state index contributed by atoms with van der Waals surface area (Å²) in [5.74, 6) is 3.51. The molecule has 1 aromatic heterocycles. The minimum atomic E-state index is -0.169. The lowest BCUT2D eigenvalue weighted by Crippen LogP contribution is -2.48. The van der Waals surface area contributed by atoms with Crippen molar-refractivity contribution in [1.29, 1.82) is 0 Å². The molecule has 2 amide bonds. The SMILES string of the molecule is CCC(NC(=O)N1CC2CC3CC(C2)CC1C3)c1noc(C)n1. The maximum absolute atomic E-state index is 12.9. The molecule has 1 aromatic rings. The second kappa shape index (κ2) is 5.80. The molecule has 6 nitrogen and oxygen atoms in total. The molecule has 4 fully saturated rings. The van der Waals surface area contributed by atoms with Crippen molar-refractivity contribution in [2.24, 2.45) is 17.8 Å². The highest BCUT2D eigenvalue weighted by atomic mass is 16.5. The summed E-state index contributed by atoms with van der Waals surface area (Å²) in [5.41, 5.74) is 0. The van der Waals surface area contributed by atoms with Crippen molar-refractivity contribution in [1.82, 2.24) is 20.4 Å². The van der Waals surface area contributed by atoms with Crippen molar-refractivity contribution >= 4 is 6.03 Å². The predicted octanol–water partition coefficient (Wildman–Crippen LogP) is 3.05. The molecule has 2 saturated carbocycles. The molecule has 3 heterocycles. The van der Waals surface area contributed by atoms with E-state index in [1.54, 1.807) is 6.92 Å². The van der Waals surface area contributed by atoms with Gasteiger partial charge in [-0.2, -0.15) is 4.98 Å². The van der Waals surface area contributed by atoms with Crippen molar-refractivity contribution in [3.05, 3.63) is 11.7 Å². The Morgan fingerprint density at radius 1 is 1.26 bits per heavy atom. The molecule has 2 aliphatic heterocycles. The average molecular weight is 318 g/mol. The molecular weight excluding hydrogens is 292 g/mol. The van der Waals surface area contributed by atoms with E-state index >= 15 is 0 Å². The quantitative estimate of drug-likeness (QED) is 0.930. The van der Waals surface area contributed by atoms with E-state index in [1.165, 1.54) is 32.1 Å². The van der Waals surface area contributed by atoms with Crippen LogP contribution in [0.5, 0.6) is 0 Å². The first-order chi connectivity index (χ1) is 11.1. The number of amides is 2. The zero-order chi connectivity index (χ0) is 16.0.